The highest BCUT2D eigenvalue weighted by Gasteiger charge is 2.36. The maximum absolute atomic E-state index is 13.2. The van der Waals surface area contributed by atoms with Crippen LogP contribution < -0.4 is 14.8 Å². The summed E-state index contributed by atoms with van der Waals surface area (Å²) in [6.45, 7) is 3.88. The van der Waals surface area contributed by atoms with Gasteiger partial charge in [0.25, 0.3) is 0 Å². The number of nitrogens with one attached hydrogen (secondary N) is 1. The number of aromatic nitrogens is 6. The van der Waals surface area contributed by atoms with Crippen LogP contribution in [-0.2, 0) is 9.53 Å². The summed E-state index contributed by atoms with van der Waals surface area (Å²) >= 11 is 2.94. The minimum atomic E-state index is -0.652. The minimum absolute atomic E-state index is 0.0309. The van der Waals surface area contributed by atoms with Crippen molar-refractivity contribution in [2.75, 3.05) is 25.3 Å². The van der Waals surface area contributed by atoms with Crippen molar-refractivity contribution in [2.45, 2.75) is 30.3 Å². The number of rotatable bonds is 9. The predicted octanol–water partition coefficient (Wildman–Crippen LogP) is 4.22. The van der Waals surface area contributed by atoms with Crippen LogP contribution in [0.5, 0.6) is 11.5 Å². The molecule has 13 heteroatoms. The fraction of sp³-hybridized carbons (Fsp3) is 0.280. The molecule has 0 fully saturated rings. The third kappa shape index (κ3) is 5.20. The van der Waals surface area contributed by atoms with Crippen molar-refractivity contribution in [3.8, 4) is 22.1 Å². The van der Waals surface area contributed by atoms with Gasteiger partial charge in [-0.15, -0.1) is 10.2 Å². The molecule has 0 amide bonds. The van der Waals surface area contributed by atoms with Gasteiger partial charge in [-0.3, -0.25) is 0 Å². The molecule has 1 N–H and O–H groups in total. The molecule has 0 bridgehead atoms. The zero-order valence-electron chi connectivity index (χ0n) is 21.1. The maximum Gasteiger partial charge on any atom is 0.338 e. The Labute approximate surface area is 227 Å². The van der Waals surface area contributed by atoms with Gasteiger partial charge >= 0.3 is 5.97 Å². The molecule has 3 heterocycles. The standard InChI is InChI=1S/C25H25N7O4S2/c1-14(2)36-18-11-10-16(12-19(18)34-3)21-20(23(33)35-4)17(26-24-28-30-31-32(21)24)13-37-25-29-27-22(38-25)15-8-6-5-7-9-15/h5-12,14,21H,13H2,1-4H3,(H,26,28,31). The molecule has 196 valence electrons. The number of tetrazole rings is 1. The summed E-state index contributed by atoms with van der Waals surface area (Å²) in [7, 11) is 2.92. The number of methoxy groups -OCH3 is 2. The zero-order chi connectivity index (χ0) is 26.6. The molecule has 2 aromatic heterocycles. The first kappa shape index (κ1) is 25.7. The number of nitrogens with zero attached hydrogens (tertiary/aromatic N) is 6. The first-order valence-corrected chi connectivity index (χ1v) is 13.5. The molecule has 0 aliphatic carbocycles. The number of hydrogen-bond donors (Lipinski definition) is 1. The average molecular weight is 552 g/mol. The molecule has 1 unspecified atom stereocenters. The Morgan fingerprint density at radius 2 is 1.92 bits per heavy atom. The highest BCUT2D eigenvalue weighted by molar-refractivity contribution is 8.01. The van der Waals surface area contributed by atoms with E-state index in [1.807, 2.05) is 62.4 Å². The van der Waals surface area contributed by atoms with E-state index in [0.29, 0.717) is 34.5 Å². The lowest BCUT2D eigenvalue weighted by Crippen LogP contribution is -2.31. The van der Waals surface area contributed by atoms with E-state index in [4.69, 9.17) is 14.2 Å². The monoisotopic (exact) mass is 551 g/mol. The third-order valence-corrected chi connectivity index (χ3v) is 7.77. The first-order valence-electron chi connectivity index (χ1n) is 11.7. The first-order chi connectivity index (χ1) is 18.5. The minimum Gasteiger partial charge on any atom is -0.493 e. The summed E-state index contributed by atoms with van der Waals surface area (Å²) < 4.78 is 19.0. The van der Waals surface area contributed by atoms with Gasteiger partial charge in [0.15, 0.2) is 15.8 Å². The van der Waals surface area contributed by atoms with Crippen LogP contribution in [-0.4, -0.2) is 62.5 Å². The quantitative estimate of drug-likeness (QED) is 0.237. The van der Waals surface area contributed by atoms with Crippen molar-refractivity contribution in [2.24, 2.45) is 0 Å². The smallest absolute Gasteiger partial charge is 0.338 e. The highest BCUT2D eigenvalue weighted by atomic mass is 32.2. The largest absolute Gasteiger partial charge is 0.493 e. The number of carbonyl (C=O) groups is 1. The second-order valence-electron chi connectivity index (χ2n) is 8.46. The van der Waals surface area contributed by atoms with Gasteiger partial charge in [0, 0.05) is 17.0 Å². The van der Waals surface area contributed by atoms with Crippen LogP contribution in [0.4, 0.5) is 5.95 Å². The van der Waals surface area contributed by atoms with Crippen molar-refractivity contribution < 1.29 is 19.0 Å². The molecule has 4 aromatic rings. The fourth-order valence-electron chi connectivity index (χ4n) is 4.01. The number of benzene rings is 2. The molecule has 1 aliphatic heterocycles. The van der Waals surface area contributed by atoms with E-state index >= 15 is 0 Å². The van der Waals surface area contributed by atoms with Crippen molar-refractivity contribution in [1.29, 1.82) is 0 Å². The molecular formula is C25H25N7O4S2. The molecule has 0 spiro atoms. The Kier molecular flexibility index (Phi) is 7.56. The summed E-state index contributed by atoms with van der Waals surface area (Å²) in [6, 6.07) is 14.7. The van der Waals surface area contributed by atoms with Crippen molar-refractivity contribution >= 4 is 35.0 Å². The summed E-state index contributed by atoms with van der Waals surface area (Å²) in [5.41, 5.74) is 2.73. The Morgan fingerprint density at radius 1 is 1.11 bits per heavy atom. The molecule has 11 nitrogen and oxygen atoms in total. The van der Waals surface area contributed by atoms with Crippen molar-refractivity contribution in [1.82, 2.24) is 30.4 Å². The van der Waals surface area contributed by atoms with E-state index in [1.165, 1.54) is 30.2 Å². The summed E-state index contributed by atoms with van der Waals surface area (Å²) in [5, 5.41) is 24.8. The summed E-state index contributed by atoms with van der Waals surface area (Å²) in [6.07, 6.45) is -0.0309. The van der Waals surface area contributed by atoms with Crippen molar-refractivity contribution in [3.63, 3.8) is 0 Å². The molecule has 1 aliphatic rings. The Hall–Kier alpha value is -3.97. The molecule has 38 heavy (non-hydrogen) atoms. The van der Waals surface area contributed by atoms with Gasteiger partial charge in [-0.1, -0.05) is 64.6 Å². The highest BCUT2D eigenvalue weighted by Crippen LogP contribution is 2.40. The molecule has 0 saturated carbocycles. The zero-order valence-corrected chi connectivity index (χ0v) is 22.7. The van der Waals surface area contributed by atoms with Gasteiger partial charge in [-0.25, -0.2) is 4.79 Å². The van der Waals surface area contributed by atoms with Gasteiger partial charge in [-0.05, 0) is 42.0 Å². The van der Waals surface area contributed by atoms with E-state index in [-0.39, 0.29) is 6.10 Å². The fourth-order valence-corrected chi connectivity index (χ4v) is 5.84. The number of hydrogen-bond acceptors (Lipinski definition) is 12. The number of thioether (sulfide) groups is 1. The van der Waals surface area contributed by atoms with Crippen LogP contribution >= 0.6 is 23.1 Å². The van der Waals surface area contributed by atoms with E-state index in [9.17, 15) is 4.79 Å². The lowest BCUT2D eigenvalue weighted by Gasteiger charge is -2.28. The number of esters is 1. The summed E-state index contributed by atoms with van der Waals surface area (Å²) in [4.78, 5) is 13.2. The van der Waals surface area contributed by atoms with Gasteiger partial charge in [0.05, 0.1) is 25.9 Å². The second-order valence-corrected chi connectivity index (χ2v) is 10.7. The third-order valence-electron chi connectivity index (χ3n) is 5.64. The Morgan fingerprint density at radius 3 is 2.66 bits per heavy atom. The summed E-state index contributed by atoms with van der Waals surface area (Å²) in [5.74, 6) is 1.43. The van der Waals surface area contributed by atoms with Gasteiger partial charge in [-0.2, -0.15) is 4.68 Å². The maximum atomic E-state index is 13.2. The van der Waals surface area contributed by atoms with Crippen LogP contribution in [0, 0.1) is 0 Å². The topological polar surface area (TPSA) is 126 Å². The Balaban J connectivity index is 1.50. The van der Waals surface area contributed by atoms with Crippen LogP contribution in [0.2, 0.25) is 0 Å². The number of fused-ring (bicyclic) bond motifs is 1. The van der Waals surface area contributed by atoms with Crippen LogP contribution in [0.3, 0.4) is 0 Å². The number of carbonyl (C=O) groups excluding carboxylic acids is 1. The molecule has 2 aromatic carbocycles. The molecule has 1 atom stereocenters. The number of anilines is 1. The van der Waals surface area contributed by atoms with E-state index in [2.05, 4.69) is 31.0 Å². The van der Waals surface area contributed by atoms with E-state index in [1.54, 1.807) is 11.8 Å². The van der Waals surface area contributed by atoms with Crippen LogP contribution in [0.25, 0.3) is 10.6 Å². The lowest BCUT2D eigenvalue weighted by molar-refractivity contribution is -0.136. The molecule has 0 saturated heterocycles. The Bertz CT molecular complexity index is 1470. The molecular weight excluding hydrogens is 526 g/mol. The molecule has 5 rings (SSSR count). The van der Waals surface area contributed by atoms with Crippen LogP contribution in [0.1, 0.15) is 25.5 Å². The van der Waals surface area contributed by atoms with Gasteiger partial charge in [0.1, 0.15) is 11.0 Å². The van der Waals surface area contributed by atoms with Gasteiger partial charge in [0.2, 0.25) is 5.95 Å². The van der Waals surface area contributed by atoms with Crippen molar-refractivity contribution in [3.05, 3.63) is 65.4 Å². The molecule has 0 radical (unpaired) electrons. The predicted molar refractivity (Wildman–Crippen MR) is 143 cm³/mol. The van der Waals surface area contributed by atoms with Crippen LogP contribution in [0.15, 0.2) is 64.1 Å². The lowest BCUT2D eigenvalue weighted by atomic mass is 9.95. The average Bonchev–Trinajstić information content (AvgIpc) is 3.61. The normalized spacial score (nSPS) is 14.7. The number of ether oxygens (including phenoxy) is 3. The SMILES string of the molecule is COC(=O)C1=C(CSc2nnc(-c3ccccc3)s2)Nc2nnnn2C1c1ccc(OC(C)C)c(OC)c1. The van der Waals surface area contributed by atoms with E-state index in [0.717, 1.165) is 20.5 Å². The second kappa shape index (κ2) is 11.2. The van der Waals surface area contributed by atoms with E-state index < -0.39 is 12.0 Å². The van der Waals surface area contributed by atoms with Gasteiger partial charge < -0.3 is 19.5 Å².